The Balaban J connectivity index is 2.07. The van der Waals surface area contributed by atoms with Gasteiger partial charge in [-0.1, -0.05) is 29.4 Å². The largest absolute Gasteiger partial charge is 0.391 e. The zero-order chi connectivity index (χ0) is 11.7. The molecule has 3 nitrogen and oxygen atoms in total. The fraction of sp³-hybridized carbons (Fsp3) is 0.231. The average Bonchev–Trinajstić information content (AvgIpc) is 2.87. The third-order valence-electron chi connectivity index (χ3n) is 2.88. The Morgan fingerprint density at radius 2 is 2.18 bits per heavy atom. The van der Waals surface area contributed by atoms with Gasteiger partial charge in [-0.2, -0.15) is 0 Å². The lowest BCUT2D eigenvalue weighted by molar-refractivity contribution is 0.102. The van der Waals surface area contributed by atoms with Gasteiger partial charge in [0.05, 0.1) is 11.6 Å². The first-order valence-electron chi connectivity index (χ1n) is 5.50. The summed E-state index contributed by atoms with van der Waals surface area (Å²) >= 11 is 5.76. The van der Waals surface area contributed by atoms with Gasteiger partial charge >= 0.3 is 0 Å². The molecule has 3 rings (SSSR count). The van der Waals surface area contributed by atoms with Gasteiger partial charge in [0.2, 0.25) is 0 Å². The molecule has 4 heteroatoms. The fourth-order valence-electron chi connectivity index (χ4n) is 2.02. The number of rotatable bonds is 2. The first kappa shape index (κ1) is 10.5. The number of halogens is 1. The summed E-state index contributed by atoms with van der Waals surface area (Å²) in [4.78, 5) is 9.49. The van der Waals surface area contributed by atoms with Crippen molar-refractivity contribution in [2.75, 3.05) is 5.88 Å². The van der Waals surface area contributed by atoms with Gasteiger partial charge in [-0.15, -0.1) is 11.6 Å². The molecule has 1 aliphatic heterocycles. The van der Waals surface area contributed by atoms with Gasteiger partial charge in [0.25, 0.3) is 0 Å². The van der Waals surface area contributed by atoms with Crippen molar-refractivity contribution < 1.29 is 4.84 Å². The Morgan fingerprint density at radius 1 is 1.29 bits per heavy atom. The van der Waals surface area contributed by atoms with E-state index in [1.165, 1.54) is 0 Å². The minimum atomic E-state index is -0.00867. The van der Waals surface area contributed by atoms with Crippen molar-refractivity contribution in [2.45, 2.75) is 12.5 Å². The summed E-state index contributed by atoms with van der Waals surface area (Å²) in [7, 11) is 0. The quantitative estimate of drug-likeness (QED) is 0.764. The molecule has 0 saturated carbocycles. The summed E-state index contributed by atoms with van der Waals surface area (Å²) < 4.78 is 0. The van der Waals surface area contributed by atoms with Crippen LogP contribution in [0.2, 0.25) is 0 Å². The maximum absolute atomic E-state index is 5.76. The number of nitrogens with zero attached hydrogens (tertiary/aromatic N) is 2. The predicted octanol–water partition coefficient (Wildman–Crippen LogP) is 2.97. The molecule has 1 atom stereocenters. The van der Waals surface area contributed by atoms with E-state index >= 15 is 0 Å². The number of aromatic nitrogens is 1. The molecule has 2 aromatic rings. The first-order valence-corrected chi connectivity index (χ1v) is 6.03. The number of benzene rings is 1. The fourth-order valence-corrected chi connectivity index (χ4v) is 2.18. The van der Waals surface area contributed by atoms with Gasteiger partial charge in [0.15, 0.2) is 0 Å². The SMILES string of the molecule is ClCC1CC(c2cncc3ccccc23)=NO1. The summed E-state index contributed by atoms with van der Waals surface area (Å²) in [6, 6.07) is 8.13. The molecule has 0 aliphatic carbocycles. The van der Waals surface area contributed by atoms with Gasteiger partial charge in [0.1, 0.15) is 6.10 Å². The number of pyridine rings is 1. The molecule has 0 fully saturated rings. The van der Waals surface area contributed by atoms with Crippen LogP contribution >= 0.6 is 11.6 Å². The molecule has 17 heavy (non-hydrogen) atoms. The van der Waals surface area contributed by atoms with Crippen LogP contribution < -0.4 is 0 Å². The van der Waals surface area contributed by atoms with E-state index in [0.29, 0.717) is 5.88 Å². The molecular formula is C13H11ClN2O. The number of hydrogen-bond donors (Lipinski definition) is 0. The van der Waals surface area contributed by atoms with Crippen LogP contribution in [-0.4, -0.2) is 22.7 Å². The Kier molecular flexibility index (Phi) is 2.69. The number of fused-ring (bicyclic) bond motifs is 1. The van der Waals surface area contributed by atoms with Crippen LogP contribution in [0.4, 0.5) is 0 Å². The highest BCUT2D eigenvalue weighted by atomic mass is 35.5. The molecule has 1 aromatic carbocycles. The standard InChI is InChI=1S/C13H11ClN2O/c14-6-10-5-13(16-17-10)12-8-15-7-9-3-1-2-4-11(9)12/h1-4,7-8,10H,5-6H2. The average molecular weight is 247 g/mol. The lowest BCUT2D eigenvalue weighted by Crippen LogP contribution is -2.10. The Labute approximate surface area is 104 Å². The second kappa shape index (κ2) is 4.34. The van der Waals surface area contributed by atoms with Crippen molar-refractivity contribution in [3.8, 4) is 0 Å². The molecule has 0 N–H and O–H groups in total. The van der Waals surface area contributed by atoms with Crippen LogP contribution in [0.15, 0.2) is 41.8 Å². The summed E-state index contributed by atoms with van der Waals surface area (Å²) in [6.45, 7) is 0. The molecule has 0 amide bonds. The molecule has 0 saturated heterocycles. The molecule has 1 aliphatic rings. The molecule has 1 unspecified atom stereocenters. The van der Waals surface area contributed by atoms with E-state index in [1.807, 2.05) is 30.6 Å². The highest BCUT2D eigenvalue weighted by Gasteiger charge is 2.22. The van der Waals surface area contributed by atoms with E-state index in [-0.39, 0.29) is 6.10 Å². The normalized spacial score (nSPS) is 19.1. The van der Waals surface area contributed by atoms with Crippen molar-refractivity contribution in [3.05, 3.63) is 42.2 Å². The van der Waals surface area contributed by atoms with Gasteiger partial charge in [-0.05, 0) is 5.39 Å². The van der Waals surface area contributed by atoms with E-state index in [2.05, 4.69) is 16.2 Å². The highest BCUT2D eigenvalue weighted by Crippen LogP contribution is 2.23. The zero-order valence-corrected chi connectivity index (χ0v) is 9.89. The van der Waals surface area contributed by atoms with E-state index in [9.17, 15) is 0 Å². The van der Waals surface area contributed by atoms with Crippen LogP contribution in [0.3, 0.4) is 0 Å². The van der Waals surface area contributed by atoms with Crippen molar-refractivity contribution in [1.29, 1.82) is 0 Å². The van der Waals surface area contributed by atoms with Gasteiger partial charge in [-0.25, -0.2) is 0 Å². The second-order valence-electron chi connectivity index (χ2n) is 4.03. The van der Waals surface area contributed by atoms with Crippen molar-refractivity contribution in [1.82, 2.24) is 4.98 Å². The molecule has 1 aromatic heterocycles. The number of alkyl halides is 1. The minimum absolute atomic E-state index is 0.00867. The summed E-state index contributed by atoms with van der Waals surface area (Å²) in [5.41, 5.74) is 1.97. The van der Waals surface area contributed by atoms with Crippen LogP contribution in [0.5, 0.6) is 0 Å². The molecule has 0 spiro atoms. The predicted molar refractivity (Wildman–Crippen MR) is 68.5 cm³/mol. The molecule has 0 bridgehead atoms. The van der Waals surface area contributed by atoms with Crippen molar-refractivity contribution >= 4 is 28.1 Å². The summed E-state index contributed by atoms with van der Waals surface area (Å²) in [5.74, 6) is 0.463. The van der Waals surface area contributed by atoms with E-state index < -0.39 is 0 Å². The molecule has 0 radical (unpaired) electrons. The van der Waals surface area contributed by atoms with E-state index in [4.69, 9.17) is 16.4 Å². The van der Waals surface area contributed by atoms with Crippen LogP contribution in [0.1, 0.15) is 12.0 Å². The van der Waals surface area contributed by atoms with Crippen molar-refractivity contribution in [2.24, 2.45) is 5.16 Å². The Hall–Kier alpha value is -1.61. The highest BCUT2D eigenvalue weighted by molar-refractivity contribution is 6.19. The van der Waals surface area contributed by atoms with Crippen molar-refractivity contribution in [3.63, 3.8) is 0 Å². The van der Waals surface area contributed by atoms with E-state index in [1.54, 1.807) is 0 Å². The topological polar surface area (TPSA) is 34.5 Å². The van der Waals surface area contributed by atoms with Gasteiger partial charge < -0.3 is 4.84 Å². The summed E-state index contributed by atoms with van der Waals surface area (Å²) in [5, 5.41) is 6.37. The maximum Gasteiger partial charge on any atom is 0.146 e. The van der Waals surface area contributed by atoms with Gasteiger partial charge in [-0.3, -0.25) is 4.98 Å². The monoisotopic (exact) mass is 246 g/mol. The number of oxime groups is 1. The Morgan fingerprint density at radius 3 is 3.00 bits per heavy atom. The molecule has 86 valence electrons. The smallest absolute Gasteiger partial charge is 0.146 e. The second-order valence-corrected chi connectivity index (χ2v) is 4.34. The van der Waals surface area contributed by atoms with Crippen LogP contribution in [-0.2, 0) is 4.84 Å². The van der Waals surface area contributed by atoms with E-state index in [0.717, 1.165) is 28.5 Å². The first-order chi connectivity index (χ1) is 8.38. The number of hydrogen-bond acceptors (Lipinski definition) is 3. The third kappa shape index (κ3) is 1.87. The molecular weight excluding hydrogens is 236 g/mol. The molecule has 2 heterocycles. The van der Waals surface area contributed by atoms with Crippen LogP contribution in [0, 0.1) is 0 Å². The maximum atomic E-state index is 5.76. The minimum Gasteiger partial charge on any atom is -0.391 e. The zero-order valence-electron chi connectivity index (χ0n) is 9.14. The summed E-state index contributed by atoms with van der Waals surface area (Å²) in [6.07, 6.45) is 4.43. The van der Waals surface area contributed by atoms with Crippen LogP contribution in [0.25, 0.3) is 10.8 Å². The lowest BCUT2D eigenvalue weighted by atomic mass is 10.0. The third-order valence-corrected chi connectivity index (χ3v) is 3.23. The Bertz CT molecular complexity index is 577. The lowest BCUT2D eigenvalue weighted by Gasteiger charge is -2.04. The van der Waals surface area contributed by atoms with Gasteiger partial charge in [0, 0.05) is 29.8 Å².